The average molecular weight is 405 g/mol. The molecule has 0 bridgehead atoms. The number of benzene rings is 2. The quantitative estimate of drug-likeness (QED) is 0.515. The zero-order chi connectivity index (χ0) is 11.3. The van der Waals surface area contributed by atoms with E-state index < -0.39 is 0 Å². The van der Waals surface area contributed by atoms with Gasteiger partial charge >= 0.3 is 0 Å². The maximum absolute atomic E-state index is 9.63. The second kappa shape index (κ2) is 3.85. The lowest BCUT2D eigenvalue weighted by Crippen LogP contribution is -1.71. The van der Waals surface area contributed by atoms with Crippen molar-refractivity contribution in [2.24, 2.45) is 0 Å². The van der Waals surface area contributed by atoms with Crippen molar-refractivity contribution in [2.45, 2.75) is 0 Å². The van der Waals surface area contributed by atoms with Gasteiger partial charge in [0.15, 0.2) is 0 Å². The van der Waals surface area contributed by atoms with Crippen LogP contribution in [0.3, 0.4) is 0 Å². The monoisotopic (exact) mass is 404 g/mol. The van der Waals surface area contributed by atoms with E-state index in [-0.39, 0.29) is 0 Å². The molecule has 0 aliphatic heterocycles. The van der Waals surface area contributed by atoms with Crippen molar-refractivity contribution >= 4 is 70.0 Å². The molecule has 4 heteroatoms. The maximum atomic E-state index is 9.63. The Hall–Kier alpha value is -0.330. The van der Waals surface area contributed by atoms with Gasteiger partial charge in [-0.1, -0.05) is 0 Å². The molecule has 2 aromatic carbocycles. The van der Waals surface area contributed by atoms with Crippen molar-refractivity contribution in [1.82, 2.24) is 0 Å². The third kappa shape index (κ3) is 1.63. The summed E-state index contributed by atoms with van der Waals surface area (Å²) in [5.41, 5.74) is 0. The highest BCUT2D eigenvalue weighted by Crippen LogP contribution is 2.40. The molecule has 3 aromatic rings. The van der Waals surface area contributed by atoms with Crippen LogP contribution in [-0.4, -0.2) is 5.11 Å². The predicted octanol–water partition coefficient (Wildman–Crippen LogP) is 5.13. The van der Waals surface area contributed by atoms with E-state index in [9.17, 15) is 5.11 Å². The first kappa shape index (κ1) is 10.8. The van der Waals surface area contributed by atoms with Gasteiger partial charge in [0.05, 0.1) is 0 Å². The molecule has 0 spiro atoms. The molecule has 1 heterocycles. The Labute approximate surface area is 118 Å². The fourth-order valence-corrected chi connectivity index (χ4v) is 4.05. The molecular formula is C12H6BrIOS. The van der Waals surface area contributed by atoms with Gasteiger partial charge in [0.25, 0.3) is 0 Å². The molecule has 1 aromatic heterocycles. The van der Waals surface area contributed by atoms with Crippen molar-refractivity contribution in [1.29, 1.82) is 0 Å². The van der Waals surface area contributed by atoms with Crippen molar-refractivity contribution in [3.8, 4) is 5.75 Å². The van der Waals surface area contributed by atoms with Gasteiger partial charge in [-0.25, -0.2) is 0 Å². The molecule has 0 amide bonds. The molecule has 80 valence electrons. The number of hydrogen-bond donors (Lipinski definition) is 1. The summed E-state index contributed by atoms with van der Waals surface area (Å²) in [6.07, 6.45) is 0. The minimum absolute atomic E-state index is 0.304. The zero-order valence-electron chi connectivity index (χ0n) is 8.00. The molecular weight excluding hydrogens is 399 g/mol. The fraction of sp³-hybridized carbons (Fsp3) is 0. The number of phenols is 1. The van der Waals surface area contributed by atoms with Gasteiger partial charge in [-0.2, -0.15) is 0 Å². The number of halogens is 2. The molecule has 0 saturated carbocycles. The summed E-state index contributed by atoms with van der Waals surface area (Å²) in [7, 11) is 0. The second-order valence-corrected chi connectivity index (χ2v) is 6.70. The summed E-state index contributed by atoms with van der Waals surface area (Å²) < 4.78 is 4.61. The number of aromatic hydroxyl groups is 1. The molecule has 0 aliphatic rings. The summed E-state index contributed by atoms with van der Waals surface area (Å²) in [5, 5.41) is 12.0. The van der Waals surface area contributed by atoms with E-state index in [0.29, 0.717) is 5.75 Å². The van der Waals surface area contributed by atoms with Crippen molar-refractivity contribution < 1.29 is 5.11 Å². The standard InChI is InChI=1S/C12H6BrIOS/c13-10-5-7(15)4-9-8-3-6(14)1-2-11(8)16-12(9)10/h1-5,15H. The minimum atomic E-state index is 0.304. The highest BCUT2D eigenvalue weighted by Gasteiger charge is 2.09. The summed E-state index contributed by atoms with van der Waals surface area (Å²) in [5.74, 6) is 0.304. The number of fused-ring (bicyclic) bond motifs is 3. The van der Waals surface area contributed by atoms with Crippen LogP contribution in [0.1, 0.15) is 0 Å². The van der Waals surface area contributed by atoms with Crippen LogP contribution in [0.4, 0.5) is 0 Å². The molecule has 3 rings (SSSR count). The Kier molecular flexibility index (Phi) is 2.60. The Morgan fingerprint density at radius 1 is 1.12 bits per heavy atom. The van der Waals surface area contributed by atoms with Crippen LogP contribution in [0.2, 0.25) is 0 Å². The van der Waals surface area contributed by atoms with E-state index in [2.05, 4.69) is 56.7 Å². The third-order valence-corrected chi connectivity index (χ3v) is 5.25. The Morgan fingerprint density at radius 2 is 1.94 bits per heavy atom. The van der Waals surface area contributed by atoms with Gasteiger partial charge in [0, 0.05) is 28.2 Å². The minimum Gasteiger partial charge on any atom is -0.508 e. The summed E-state index contributed by atoms with van der Waals surface area (Å²) in [6.45, 7) is 0. The smallest absolute Gasteiger partial charge is 0.117 e. The molecule has 0 unspecified atom stereocenters. The molecule has 0 radical (unpaired) electrons. The molecule has 0 atom stereocenters. The van der Waals surface area contributed by atoms with E-state index in [1.807, 2.05) is 6.07 Å². The summed E-state index contributed by atoms with van der Waals surface area (Å²) in [6, 6.07) is 9.95. The van der Waals surface area contributed by atoms with Gasteiger partial charge in [-0.3, -0.25) is 0 Å². The Morgan fingerprint density at radius 3 is 2.75 bits per heavy atom. The maximum Gasteiger partial charge on any atom is 0.117 e. The largest absolute Gasteiger partial charge is 0.508 e. The molecule has 16 heavy (non-hydrogen) atoms. The predicted molar refractivity (Wildman–Crippen MR) is 81.4 cm³/mol. The number of thiophene rings is 1. The van der Waals surface area contributed by atoms with E-state index in [1.54, 1.807) is 17.4 Å². The summed E-state index contributed by atoms with van der Waals surface area (Å²) in [4.78, 5) is 0. The lowest BCUT2D eigenvalue weighted by atomic mass is 10.1. The first-order valence-electron chi connectivity index (χ1n) is 4.65. The average Bonchev–Trinajstić information content (AvgIpc) is 2.57. The highest BCUT2D eigenvalue weighted by molar-refractivity contribution is 14.1. The summed E-state index contributed by atoms with van der Waals surface area (Å²) >= 11 is 7.54. The molecule has 1 N–H and O–H groups in total. The van der Waals surface area contributed by atoms with Crippen LogP contribution in [0.25, 0.3) is 20.2 Å². The van der Waals surface area contributed by atoms with Gasteiger partial charge in [0.2, 0.25) is 0 Å². The Balaban J connectivity index is 2.57. The third-order valence-electron chi connectivity index (χ3n) is 2.47. The lowest BCUT2D eigenvalue weighted by Gasteiger charge is -1.96. The first-order valence-corrected chi connectivity index (χ1v) is 7.34. The topological polar surface area (TPSA) is 20.2 Å². The van der Waals surface area contributed by atoms with Gasteiger partial charge < -0.3 is 5.11 Å². The van der Waals surface area contributed by atoms with E-state index in [4.69, 9.17) is 0 Å². The van der Waals surface area contributed by atoms with Crippen molar-refractivity contribution in [3.05, 3.63) is 38.4 Å². The van der Waals surface area contributed by atoms with Crippen LogP contribution >= 0.6 is 49.9 Å². The number of phenolic OH excluding ortho intramolecular Hbond substituents is 1. The van der Waals surface area contributed by atoms with Crippen LogP contribution in [0.5, 0.6) is 5.75 Å². The number of rotatable bonds is 0. The van der Waals surface area contributed by atoms with E-state index in [0.717, 1.165) is 9.86 Å². The van der Waals surface area contributed by atoms with Crippen LogP contribution in [0.15, 0.2) is 34.8 Å². The number of hydrogen-bond acceptors (Lipinski definition) is 2. The molecule has 1 nitrogen and oxygen atoms in total. The van der Waals surface area contributed by atoms with Gasteiger partial charge in [0.1, 0.15) is 5.75 Å². The molecule has 0 fully saturated rings. The molecule has 0 saturated heterocycles. The SMILES string of the molecule is Oc1cc(Br)c2sc3ccc(I)cc3c2c1. The van der Waals surface area contributed by atoms with Crippen molar-refractivity contribution in [3.63, 3.8) is 0 Å². The van der Waals surface area contributed by atoms with Gasteiger partial charge in [-0.05, 0) is 68.9 Å². The first-order chi connectivity index (χ1) is 7.65. The second-order valence-electron chi connectivity index (χ2n) is 3.55. The van der Waals surface area contributed by atoms with Crippen molar-refractivity contribution in [2.75, 3.05) is 0 Å². The Bertz CT molecular complexity index is 705. The van der Waals surface area contributed by atoms with Gasteiger partial charge in [-0.15, -0.1) is 11.3 Å². The van der Waals surface area contributed by atoms with Crippen LogP contribution in [-0.2, 0) is 0 Å². The molecule has 0 aliphatic carbocycles. The van der Waals surface area contributed by atoms with E-state index in [1.165, 1.54) is 18.4 Å². The zero-order valence-corrected chi connectivity index (χ0v) is 12.6. The van der Waals surface area contributed by atoms with Crippen LogP contribution in [0, 0.1) is 3.57 Å². The van der Waals surface area contributed by atoms with Crippen LogP contribution < -0.4 is 0 Å². The van der Waals surface area contributed by atoms with E-state index >= 15 is 0 Å². The lowest BCUT2D eigenvalue weighted by molar-refractivity contribution is 0.476. The highest BCUT2D eigenvalue weighted by atomic mass is 127. The fourth-order valence-electron chi connectivity index (χ4n) is 1.79. The normalized spacial score (nSPS) is 11.4.